The predicted octanol–water partition coefficient (Wildman–Crippen LogP) is 2.17. The summed E-state index contributed by atoms with van der Waals surface area (Å²) in [4.78, 5) is 12.0. The van der Waals surface area contributed by atoms with E-state index in [4.69, 9.17) is 9.47 Å². The van der Waals surface area contributed by atoms with Gasteiger partial charge >= 0.3 is 0 Å². The minimum atomic E-state index is -0.391. The quantitative estimate of drug-likeness (QED) is 0.929. The molecule has 2 fully saturated rings. The minimum absolute atomic E-state index is 0.0178. The van der Waals surface area contributed by atoms with Crippen LogP contribution in [0.3, 0.4) is 0 Å². The van der Waals surface area contributed by atoms with Crippen molar-refractivity contribution in [1.29, 1.82) is 0 Å². The SMILES string of the molecule is O=C(Cc1ccc(F)cc1)NC1CCC2(CC1)OCCO2. The van der Waals surface area contributed by atoms with Gasteiger partial charge in [0, 0.05) is 18.9 Å². The summed E-state index contributed by atoms with van der Waals surface area (Å²) in [5, 5.41) is 3.04. The molecule has 1 saturated heterocycles. The van der Waals surface area contributed by atoms with E-state index in [0.717, 1.165) is 31.2 Å². The van der Waals surface area contributed by atoms with E-state index in [9.17, 15) is 9.18 Å². The van der Waals surface area contributed by atoms with E-state index in [2.05, 4.69) is 5.32 Å². The number of carbonyl (C=O) groups is 1. The van der Waals surface area contributed by atoms with Gasteiger partial charge in [0.05, 0.1) is 19.6 Å². The second kappa shape index (κ2) is 6.12. The van der Waals surface area contributed by atoms with E-state index in [1.54, 1.807) is 12.1 Å². The molecule has 2 aliphatic rings. The first-order chi connectivity index (χ1) is 10.2. The number of rotatable bonds is 3. The maximum Gasteiger partial charge on any atom is 0.224 e. The standard InChI is InChI=1S/C16H20FNO3/c17-13-3-1-12(2-4-13)11-15(19)18-14-5-7-16(8-6-14)20-9-10-21-16/h1-4,14H,5-11H2,(H,18,19). The van der Waals surface area contributed by atoms with E-state index < -0.39 is 5.79 Å². The van der Waals surface area contributed by atoms with E-state index in [0.29, 0.717) is 13.2 Å². The lowest BCUT2D eigenvalue weighted by atomic mass is 9.90. The number of ether oxygens (including phenoxy) is 2. The van der Waals surface area contributed by atoms with Gasteiger partial charge in [0.15, 0.2) is 5.79 Å². The molecule has 3 rings (SSSR count). The number of hydrogen-bond donors (Lipinski definition) is 1. The van der Waals surface area contributed by atoms with Crippen molar-refractivity contribution in [1.82, 2.24) is 5.32 Å². The highest BCUT2D eigenvalue weighted by Gasteiger charge is 2.40. The molecule has 0 aromatic heterocycles. The highest BCUT2D eigenvalue weighted by Crippen LogP contribution is 2.35. The van der Waals surface area contributed by atoms with Crippen LogP contribution in [0, 0.1) is 5.82 Å². The molecule has 114 valence electrons. The molecular formula is C16H20FNO3. The molecule has 0 unspecified atom stereocenters. The number of nitrogens with one attached hydrogen (secondary N) is 1. The van der Waals surface area contributed by atoms with Crippen molar-refractivity contribution in [2.75, 3.05) is 13.2 Å². The fraction of sp³-hybridized carbons (Fsp3) is 0.562. The highest BCUT2D eigenvalue weighted by molar-refractivity contribution is 5.78. The molecule has 21 heavy (non-hydrogen) atoms. The molecule has 1 aromatic carbocycles. The van der Waals surface area contributed by atoms with Crippen LogP contribution in [0.15, 0.2) is 24.3 Å². The average Bonchev–Trinajstić information content (AvgIpc) is 2.93. The lowest BCUT2D eigenvalue weighted by Crippen LogP contribution is -2.44. The Bertz CT molecular complexity index is 487. The number of hydrogen-bond acceptors (Lipinski definition) is 3. The second-order valence-corrected chi connectivity index (χ2v) is 5.75. The van der Waals surface area contributed by atoms with Gasteiger partial charge in [-0.3, -0.25) is 4.79 Å². The first kappa shape index (κ1) is 14.5. The Labute approximate surface area is 123 Å². The maximum absolute atomic E-state index is 12.8. The molecule has 1 aromatic rings. The Balaban J connectivity index is 1.46. The van der Waals surface area contributed by atoms with Crippen LogP contribution in [0.4, 0.5) is 4.39 Å². The molecular weight excluding hydrogens is 273 g/mol. The van der Waals surface area contributed by atoms with E-state index in [1.165, 1.54) is 12.1 Å². The van der Waals surface area contributed by atoms with Gasteiger partial charge in [-0.2, -0.15) is 0 Å². The molecule has 1 heterocycles. The summed E-state index contributed by atoms with van der Waals surface area (Å²) in [5.41, 5.74) is 0.823. The Kier molecular flexibility index (Phi) is 4.22. The van der Waals surface area contributed by atoms with Gasteiger partial charge in [-0.25, -0.2) is 4.39 Å². The van der Waals surface area contributed by atoms with Crippen molar-refractivity contribution in [3.8, 4) is 0 Å². The van der Waals surface area contributed by atoms with Crippen LogP contribution in [-0.2, 0) is 20.7 Å². The lowest BCUT2D eigenvalue weighted by molar-refractivity contribution is -0.180. The first-order valence-corrected chi connectivity index (χ1v) is 7.47. The van der Waals surface area contributed by atoms with Crippen LogP contribution >= 0.6 is 0 Å². The summed E-state index contributed by atoms with van der Waals surface area (Å²) >= 11 is 0. The summed E-state index contributed by atoms with van der Waals surface area (Å²) in [5.74, 6) is -0.692. The van der Waals surface area contributed by atoms with Crippen LogP contribution in [0.1, 0.15) is 31.2 Å². The Morgan fingerprint density at radius 2 is 1.81 bits per heavy atom. The van der Waals surface area contributed by atoms with Gasteiger partial charge < -0.3 is 14.8 Å². The summed E-state index contributed by atoms with van der Waals surface area (Å²) in [7, 11) is 0. The summed E-state index contributed by atoms with van der Waals surface area (Å²) in [6.07, 6.45) is 3.68. The van der Waals surface area contributed by atoms with Crippen LogP contribution in [0.25, 0.3) is 0 Å². The van der Waals surface area contributed by atoms with Crippen LogP contribution < -0.4 is 5.32 Å². The zero-order valence-corrected chi connectivity index (χ0v) is 11.9. The molecule has 1 saturated carbocycles. The zero-order chi connectivity index (χ0) is 14.7. The van der Waals surface area contributed by atoms with Crippen LogP contribution in [-0.4, -0.2) is 30.9 Å². The molecule has 1 aliphatic carbocycles. The molecule has 0 radical (unpaired) electrons. The molecule has 5 heteroatoms. The second-order valence-electron chi connectivity index (χ2n) is 5.75. The molecule has 4 nitrogen and oxygen atoms in total. The lowest BCUT2D eigenvalue weighted by Gasteiger charge is -2.35. The fourth-order valence-electron chi connectivity index (χ4n) is 3.05. The van der Waals surface area contributed by atoms with Crippen molar-refractivity contribution >= 4 is 5.91 Å². The van der Waals surface area contributed by atoms with Crippen LogP contribution in [0.5, 0.6) is 0 Å². The highest BCUT2D eigenvalue weighted by atomic mass is 19.1. The van der Waals surface area contributed by atoms with Gasteiger partial charge in [0.2, 0.25) is 5.91 Å². The van der Waals surface area contributed by atoms with Gasteiger partial charge in [0.25, 0.3) is 0 Å². The Morgan fingerprint density at radius 3 is 2.43 bits per heavy atom. The third kappa shape index (κ3) is 3.60. The van der Waals surface area contributed by atoms with Crippen molar-refractivity contribution in [2.24, 2.45) is 0 Å². The molecule has 1 N–H and O–H groups in total. The van der Waals surface area contributed by atoms with Gasteiger partial charge in [0.1, 0.15) is 5.82 Å². The van der Waals surface area contributed by atoms with E-state index in [1.807, 2.05) is 0 Å². The van der Waals surface area contributed by atoms with Gasteiger partial charge in [-0.15, -0.1) is 0 Å². The topological polar surface area (TPSA) is 47.6 Å². The van der Waals surface area contributed by atoms with Crippen LogP contribution in [0.2, 0.25) is 0 Å². The van der Waals surface area contributed by atoms with Crippen molar-refractivity contribution in [3.05, 3.63) is 35.6 Å². The van der Waals surface area contributed by atoms with Gasteiger partial charge in [-0.05, 0) is 30.5 Å². The molecule has 1 spiro atoms. The summed E-state index contributed by atoms with van der Waals surface area (Å²) in [6, 6.07) is 6.22. The normalized spacial score (nSPS) is 21.6. The fourth-order valence-corrected chi connectivity index (χ4v) is 3.05. The predicted molar refractivity (Wildman–Crippen MR) is 75.1 cm³/mol. The summed E-state index contributed by atoms with van der Waals surface area (Å²) < 4.78 is 24.2. The van der Waals surface area contributed by atoms with E-state index >= 15 is 0 Å². The zero-order valence-electron chi connectivity index (χ0n) is 11.9. The Morgan fingerprint density at radius 1 is 1.19 bits per heavy atom. The third-order valence-electron chi connectivity index (χ3n) is 4.20. The largest absolute Gasteiger partial charge is 0.353 e. The van der Waals surface area contributed by atoms with Crippen molar-refractivity contribution in [3.63, 3.8) is 0 Å². The Hall–Kier alpha value is -1.46. The molecule has 0 atom stereocenters. The minimum Gasteiger partial charge on any atom is -0.353 e. The average molecular weight is 293 g/mol. The smallest absolute Gasteiger partial charge is 0.224 e. The molecule has 0 bridgehead atoms. The monoisotopic (exact) mass is 293 g/mol. The maximum atomic E-state index is 12.8. The number of benzene rings is 1. The molecule has 1 amide bonds. The first-order valence-electron chi connectivity index (χ1n) is 7.47. The molecule has 1 aliphatic heterocycles. The van der Waals surface area contributed by atoms with Crippen molar-refractivity contribution < 1.29 is 18.7 Å². The third-order valence-corrected chi connectivity index (χ3v) is 4.20. The van der Waals surface area contributed by atoms with Gasteiger partial charge in [-0.1, -0.05) is 12.1 Å². The van der Waals surface area contributed by atoms with E-state index in [-0.39, 0.29) is 24.2 Å². The number of halogens is 1. The summed E-state index contributed by atoms with van der Waals surface area (Å²) in [6.45, 7) is 1.34. The number of amides is 1. The number of carbonyl (C=O) groups excluding carboxylic acids is 1. The van der Waals surface area contributed by atoms with Crippen molar-refractivity contribution in [2.45, 2.75) is 43.9 Å².